The van der Waals surface area contributed by atoms with Crippen molar-refractivity contribution in [1.82, 2.24) is 4.98 Å². The van der Waals surface area contributed by atoms with Gasteiger partial charge in [-0.05, 0) is 42.0 Å². The molecule has 3 aromatic carbocycles. The number of nitrogens with one attached hydrogen (secondary N) is 1. The standard InChI is InChI=1S/C23H17ClN2O2/c24-19-10-6-16(7-11-19)14-22(27)25-20-12-8-18(9-13-20)23-26-21(15-28-23)17-4-2-1-3-5-17/h1-13,15H,14H2,(H,25,27). The fourth-order valence-electron chi connectivity index (χ4n) is 2.84. The number of nitrogens with zero attached hydrogens (tertiary/aromatic N) is 1. The van der Waals surface area contributed by atoms with Crippen molar-refractivity contribution in [2.45, 2.75) is 6.42 Å². The molecule has 0 radical (unpaired) electrons. The van der Waals surface area contributed by atoms with Crippen LogP contribution < -0.4 is 5.32 Å². The smallest absolute Gasteiger partial charge is 0.228 e. The van der Waals surface area contributed by atoms with E-state index in [4.69, 9.17) is 16.0 Å². The molecule has 1 aromatic heterocycles. The summed E-state index contributed by atoms with van der Waals surface area (Å²) in [6.07, 6.45) is 1.94. The second-order valence-corrected chi connectivity index (χ2v) is 6.77. The Labute approximate surface area is 167 Å². The Balaban J connectivity index is 1.42. The van der Waals surface area contributed by atoms with E-state index in [-0.39, 0.29) is 5.91 Å². The van der Waals surface area contributed by atoms with E-state index in [1.54, 1.807) is 18.4 Å². The number of benzene rings is 3. The van der Waals surface area contributed by atoms with Gasteiger partial charge >= 0.3 is 0 Å². The van der Waals surface area contributed by atoms with Gasteiger partial charge in [-0.3, -0.25) is 4.79 Å². The van der Waals surface area contributed by atoms with Gasteiger partial charge in [0.25, 0.3) is 0 Å². The molecule has 0 bridgehead atoms. The summed E-state index contributed by atoms with van der Waals surface area (Å²) in [4.78, 5) is 16.7. The molecule has 4 nitrogen and oxygen atoms in total. The predicted octanol–water partition coefficient (Wildman–Crippen LogP) is 5.84. The number of anilines is 1. The summed E-state index contributed by atoms with van der Waals surface area (Å²) < 4.78 is 5.61. The maximum atomic E-state index is 12.2. The minimum atomic E-state index is -0.0856. The number of carbonyl (C=O) groups is 1. The lowest BCUT2D eigenvalue weighted by Crippen LogP contribution is -2.14. The van der Waals surface area contributed by atoms with Crippen molar-refractivity contribution in [2.75, 3.05) is 5.32 Å². The quantitative estimate of drug-likeness (QED) is 0.467. The van der Waals surface area contributed by atoms with E-state index >= 15 is 0 Å². The van der Waals surface area contributed by atoms with Crippen LogP contribution in [0.5, 0.6) is 0 Å². The van der Waals surface area contributed by atoms with E-state index in [9.17, 15) is 4.79 Å². The molecule has 1 heterocycles. The molecule has 0 spiro atoms. The molecular weight excluding hydrogens is 372 g/mol. The van der Waals surface area contributed by atoms with E-state index in [0.717, 1.165) is 28.1 Å². The number of rotatable bonds is 5. The summed E-state index contributed by atoms with van der Waals surface area (Å²) in [6.45, 7) is 0. The highest BCUT2D eigenvalue weighted by molar-refractivity contribution is 6.30. The molecule has 0 aliphatic heterocycles. The number of oxazole rings is 1. The third-order valence-electron chi connectivity index (χ3n) is 4.27. The lowest BCUT2D eigenvalue weighted by molar-refractivity contribution is -0.115. The second kappa shape index (κ2) is 8.11. The highest BCUT2D eigenvalue weighted by atomic mass is 35.5. The van der Waals surface area contributed by atoms with Crippen LogP contribution in [0.4, 0.5) is 5.69 Å². The lowest BCUT2D eigenvalue weighted by Gasteiger charge is -2.06. The van der Waals surface area contributed by atoms with Crippen molar-refractivity contribution in [3.05, 3.63) is 95.7 Å². The SMILES string of the molecule is O=C(Cc1ccc(Cl)cc1)Nc1ccc(-c2nc(-c3ccccc3)co2)cc1. The number of aromatic nitrogens is 1. The van der Waals surface area contributed by atoms with Crippen LogP contribution in [0, 0.1) is 0 Å². The first-order valence-electron chi connectivity index (χ1n) is 8.83. The molecule has 4 rings (SSSR count). The third kappa shape index (κ3) is 4.30. The zero-order valence-electron chi connectivity index (χ0n) is 14.9. The zero-order chi connectivity index (χ0) is 19.3. The van der Waals surface area contributed by atoms with Crippen molar-refractivity contribution in [1.29, 1.82) is 0 Å². The molecule has 0 fully saturated rings. The van der Waals surface area contributed by atoms with Crippen molar-refractivity contribution in [2.24, 2.45) is 0 Å². The molecule has 5 heteroatoms. The van der Waals surface area contributed by atoms with E-state index < -0.39 is 0 Å². The fraction of sp³-hybridized carbons (Fsp3) is 0.0435. The van der Waals surface area contributed by atoms with Gasteiger partial charge in [-0.25, -0.2) is 4.98 Å². The molecule has 0 aliphatic rings. The van der Waals surface area contributed by atoms with Gasteiger partial charge in [-0.1, -0.05) is 54.1 Å². The Morgan fingerprint density at radius 1 is 0.893 bits per heavy atom. The first-order valence-corrected chi connectivity index (χ1v) is 9.21. The third-order valence-corrected chi connectivity index (χ3v) is 4.52. The Morgan fingerprint density at radius 3 is 2.32 bits per heavy atom. The van der Waals surface area contributed by atoms with Crippen LogP contribution in [-0.4, -0.2) is 10.9 Å². The number of hydrogen-bond donors (Lipinski definition) is 1. The van der Waals surface area contributed by atoms with Crippen molar-refractivity contribution in [3.63, 3.8) is 0 Å². The highest BCUT2D eigenvalue weighted by Gasteiger charge is 2.09. The van der Waals surface area contributed by atoms with Gasteiger partial charge in [-0.2, -0.15) is 0 Å². The summed E-state index contributed by atoms with van der Waals surface area (Å²) in [5.41, 5.74) is 4.27. The van der Waals surface area contributed by atoms with Gasteiger partial charge in [0.1, 0.15) is 12.0 Å². The molecule has 0 unspecified atom stereocenters. The van der Waals surface area contributed by atoms with Crippen LogP contribution in [0.25, 0.3) is 22.7 Å². The number of hydrogen-bond acceptors (Lipinski definition) is 3. The van der Waals surface area contributed by atoms with Crippen LogP contribution in [0.2, 0.25) is 5.02 Å². The summed E-state index contributed by atoms with van der Waals surface area (Å²) in [5.74, 6) is 0.454. The molecule has 4 aromatic rings. The molecular formula is C23H17ClN2O2. The maximum Gasteiger partial charge on any atom is 0.228 e. The second-order valence-electron chi connectivity index (χ2n) is 6.33. The van der Waals surface area contributed by atoms with E-state index in [2.05, 4.69) is 10.3 Å². The van der Waals surface area contributed by atoms with Gasteiger partial charge in [0, 0.05) is 21.8 Å². The Morgan fingerprint density at radius 2 is 1.61 bits per heavy atom. The average Bonchev–Trinajstić information content (AvgIpc) is 3.21. The van der Waals surface area contributed by atoms with Crippen molar-refractivity contribution < 1.29 is 9.21 Å². The Bertz CT molecular complexity index is 1070. The van der Waals surface area contributed by atoms with Crippen LogP contribution in [0.15, 0.2) is 89.5 Å². The average molecular weight is 389 g/mol. The first-order chi connectivity index (χ1) is 13.7. The van der Waals surface area contributed by atoms with Gasteiger partial charge in [0.15, 0.2) is 0 Å². The molecule has 1 N–H and O–H groups in total. The summed E-state index contributed by atoms with van der Waals surface area (Å²) in [6, 6.07) is 24.5. The fourth-order valence-corrected chi connectivity index (χ4v) is 2.96. The summed E-state index contributed by atoms with van der Waals surface area (Å²) in [5, 5.41) is 3.55. The molecule has 0 aliphatic carbocycles. The molecule has 0 saturated carbocycles. The van der Waals surface area contributed by atoms with E-state index in [1.807, 2.05) is 66.7 Å². The zero-order valence-corrected chi connectivity index (χ0v) is 15.7. The van der Waals surface area contributed by atoms with Crippen LogP contribution in [0.1, 0.15) is 5.56 Å². The van der Waals surface area contributed by atoms with Gasteiger partial charge in [-0.15, -0.1) is 0 Å². The van der Waals surface area contributed by atoms with E-state index in [0.29, 0.717) is 17.3 Å². The predicted molar refractivity (Wildman–Crippen MR) is 111 cm³/mol. The van der Waals surface area contributed by atoms with Gasteiger partial charge < -0.3 is 9.73 Å². The molecule has 0 atom stereocenters. The molecule has 28 heavy (non-hydrogen) atoms. The molecule has 0 saturated heterocycles. The monoisotopic (exact) mass is 388 g/mol. The molecule has 1 amide bonds. The minimum absolute atomic E-state index is 0.0856. The van der Waals surface area contributed by atoms with E-state index in [1.165, 1.54) is 0 Å². The van der Waals surface area contributed by atoms with Crippen molar-refractivity contribution >= 4 is 23.2 Å². The van der Waals surface area contributed by atoms with Gasteiger partial charge in [0.2, 0.25) is 11.8 Å². The van der Waals surface area contributed by atoms with Crippen LogP contribution in [-0.2, 0) is 11.2 Å². The summed E-state index contributed by atoms with van der Waals surface area (Å²) >= 11 is 5.87. The maximum absolute atomic E-state index is 12.2. The number of halogens is 1. The Kier molecular flexibility index (Phi) is 5.22. The lowest BCUT2D eigenvalue weighted by atomic mass is 10.1. The topological polar surface area (TPSA) is 55.1 Å². The van der Waals surface area contributed by atoms with Crippen LogP contribution in [0.3, 0.4) is 0 Å². The van der Waals surface area contributed by atoms with Crippen molar-refractivity contribution in [3.8, 4) is 22.7 Å². The summed E-state index contributed by atoms with van der Waals surface area (Å²) in [7, 11) is 0. The highest BCUT2D eigenvalue weighted by Crippen LogP contribution is 2.25. The Hall–Kier alpha value is -3.37. The minimum Gasteiger partial charge on any atom is -0.444 e. The number of carbonyl (C=O) groups excluding carboxylic acids is 1. The first kappa shape index (κ1) is 18.0. The normalized spacial score (nSPS) is 10.6. The number of amides is 1. The molecule has 138 valence electrons. The largest absolute Gasteiger partial charge is 0.444 e. The van der Waals surface area contributed by atoms with Gasteiger partial charge in [0.05, 0.1) is 6.42 Å². The van der Waals surface area contributed by atoms with Crippen LogP contribution >= 0.6 is 11.6 Å².